The van der Waals surface area contributed by atoms with Gasteiger partial charge in [-0.2, -0.15) is 0 Å². The van der Waals surface area contributed by atoms with Gasteiger partial charge in [0.15, 0.2) is 0 Å². The SMILES string of the molecule is CCN1c2ccc(C(=O)NCCc3cncs3)cc2NC(=O)c2ccccc21. The molecule has 2 amide bonds. The molecule has 6 nitrogen and oxygen atoms in total. The zero-order valence-corrected chi connectivity index (χ0v) is 16.3. The average Bonchev–Trinajstić information content (AvgIpc) is 3.19. The molecule has 3 aromatic rings. The largest absolute Gasteiger partial charge is 0.352 e. The lowest BCUT2D eigenvalue weighted by Gasteiger charge is -2.24. The molecule has 2 N–H and O–H groups in total. The van der Waals surface area contributed by atoms with E-state index >= 15 is 0 Å². The summed E-state index contributed by atoms with van der Waals surface area (Å²) in [7, 11) is 0. The van der Waals surface area contributed by atoms with E-state index in [1.54, 1.807) is 29.0 Å². The van der Waals surface area contributed by atoms with Gasteiger partial charge < -0.3 is 15.5 Å². The van der Waals surface area contributed by atoms with E-state index in [9.17, 15) is 9.59 Å². The van der Waals surface area contributed by atoms with Crippen LogP contribution < -0.4 is 15.5 Å². The Hall–Kier alpha value is -3.19. The Kier molecular flexibility index (Phi) is 5.08. The highest BCUT2D eigenvalue weighted by atomic mass is 32.1. The van der Waals surface area contributed by atoms with Crippen LogP contribution in [-0.4, -0.2) is 29.9 Å². The van der Waals surface area contributed by atoms with Gasteiger partial charge in [0.25, 0.3) is 11.8 Å². The fourth-order valence-corrected chi connectivity index (χ4v) is 3.94. The van der Waals surface area contributed by atoms with Crippen LogP contribution in [0.3, 0.4) is 0 Å². The number of para-hydroxylation sites is 1. The molecule has 1 aliphatic heterocycles. The number of carbonyl (C=O) groups is 2. The van der Waals surface area contributed by atoms with Crippen molar-refractivity contribution in [2.24, 2.45) is 0 Å². The van der Waals surface area contributed by atoms with Crippen molar-refractivity contribution in [2.75, 3.05) is 23.3 Å². The molecule has 0 fully saturated rings. The van der Waals surface area contributed by atoms with E-state index in [0.717, 1.165) is 22.7 Å². The van der Waals surface area contributed by atoms with Crippen LogP contribution in [0.15, 0.2) is 54.2 Å². The van der Waals surface area contributed by atoms with Crippen LogP contribution >= 0.6 is 11.3 Å². The molecule has 0 saturated heterocycles. The number of fused-ring (bicyclic) bond motifs is 2. The van der Waals surface area contributed by atoms with Gasteiger partial charge in [0.2, 0.25) is 0 Å². The molecule has 28 heavy (non-hydrogen) atoms. The smallest absolute Gasteiger partial charge is 0.257 e. The topological polar surface area (TPSA) is 74.3 Å². The molecular weight excluding hydrogens is 372 g/mol. The maximum Gasteiger partial charge on any atom is 0.257 e. The van der Waals surface area contributed by atoms with Gasteiger partial charge in [0, 0.05) is 36.1 Å². The second kappa shape index (κ2) is 7.82. The number of nitrogens with one attached hydrogen (secondary N) is 2. The molecule has 1 aliphatic rings. The Morgan fingerprint density at radius 3 is 2.86 bits per heavy atom. The highest BCUT2D eigenvalue weighted by molar-refractivity contribution is 7.09. The van der Waals surface area contributed by atoms with Gasteiger partial charge in [0.05, 0.1) is 28.1 Å². The molecule has 2 heterocycles. The molecule has 0 spiro atoms. The van der Waals surface area contributed by atoms with E-state index in [1.165, 1.54) is 0 Å². The Labute approximate surface area is 167 Å². The molecule has 0 radical (unpaired) electrons. The summed E-state index contributed by atoms with van der Waals surface area (Å²) in [5.41, 5.74) is 5.30. The van der Waals surface area contributed by atoms with Crippen molar-refractivity contribution in [3.8, 4) is 0 Å². The summed E-state index contributed by atoms with van der Waals surface area (Å²) in [5, 5.41) is 5.88. The van der Waals surface area contributed by atoms with E-state index < -0.39 is 0 Å². The van der Waals surface area contributed by atoms with E-state index in [1.807, 2.05) is 43.5 Å². The zero-order valence-electron chi connectivity index (χ0n) is 15.4. The summed E-state index contributed by atoms with van der Waals surface area (Å²) in [6, 6.07) is 12.9. The first-order valence-corrected chi connectivity index (χ1v) is 10.0. The molecule has 0 atom stereocenters. The van der Waals surface area contributed by atoms with Crippen LogP contribution in [-0.2, 0) is 6.42 Å². The maximum atomic E-state index is 12.7. The number of hydrogen-bond acceptors (Lipinski definition) is 5. The van der Waals surface area contributed by atoms with Crippen LogP contribution in [0, 0.1) is 0 Å². The molecule has 0 saturated carbocycles. The number of benzene rings is 2. The van der Waals surface area contributed by atoms with Crippen molar-refractivity contribution < 1.29 is 9.59 Å². The number of aromatic nitrogens is 1. The minimum absolute atomic E-state index is 0.161. The molecule has 0 aliphatic carbocycles. The van der Waals surface area contributed by atoms with E-state index in [-0.39, 0.29) is 11.8 Å². The standard InChI is InChI=1S/C21H20N4O2S/c1-2-25-18-6-4-3-5-16(18)21(27)24-17-11-14(7-8-19(17)25)20(26)23-10-9-15-12-22-13-28-15/h3-8,11-13H,2,9-10H2,1H3,(H,23,26)(H,24,27). The summed E-state index contributed by atoms with van der Waals surface area (Å²) >= 11 is 1.57. The lowest BCUT2D eigenvalue weighted by atomic mass is 10.1. The summed E-state index contributed by atoms with van der Waals surface area (Å²) in [5.74, 6) is -0.332. The van der Waals surface area contributed by atoms with Crippen LogP contribution in [0.2, 0.25) is 0 Å². The molecule has 0 unspecified atom stereocenters. The third-order valence-electron chi connectivity index (χ3n) is 4.69. The van der Waals surface area contributed by atoms with Crippen molar-refractivity contribution in [1.82, 2.24) is 10.3 Å². The number of amides is 2. The number of rotatable bonds is 5. The predicted molar refractivity (Wildman–Crippen MR) is 112 cm³/mol. The quantitative estimate of drug-likeness (QED) is 0.692. The number of carbonyl (C=O) groups excluding carboxylic acids is 2. The van der Waals surface area contributed by atoms with Crippen molar-refractivity contribution in [1.29, 1.82) is 0 Å². The normalized spacial score (nSPS) is 12.6. The van der Waals surface area contributed by atoms with Gasteiger partial charge in [-0.15, -0.1) is 11.3 Å². The molecular formula is C21H20N4O2S. The lowest BCUT2D eigenvalue weighted by molar-refractivity contribution is 0.0952. The van der Waals surface area contributed by atoms with Crippen molar-refractivity contribution >= 4 is 40.2 Å². The molecule has 142 valence electrons. The first-order valence-electron chi connectivity index (χ1n) is 9.15. The summed E-state index contributed by atoms with van der Waals surface area (Å²) < 4.78 is 0. The van der Waals surface area contributed by atoms with Gasteiger partial charge in [-0.05, 0) is 37.3 Å². The Morgan fingerprint density at radius 1 is 1.21 bits per heavy atom. The highest BCUT2D eigenvalue weighted by Crippen LogP contribution is 2.37. The second-order valence-corrected chi connectivity index (χ2v) is 7.39. The fraction of sp³-hybridized carbons (Fsp3) is 0.190. The number of anilines is 3. The molecule has 0 bridgehead atoms. The average molecular weight is 392 g/mol. The minimum atomic E-state index is -0.171. The van der Waals surface area contributed by atoms with Crippen LogP contribution in [0.1, 0.15) is 32.5 Å². The van der Waals surface area contributed by atoms with Crippen LogP contribution in [0.5, 0.6) is 0 Å². The van der Waals surface area contributed by atoms with Gasteiger partial charge in [-0.3, -0.25) is 14.6 Å². The molecule has 4 rings (SSSR count). The minimum Gasteiger partial charge on any atom is -0.352 e. The molecule has 7 heteroatoms. The summed E-state index contributed by atoms with van der Waals surface area (Å²) in [6.07, 6.45) is 2.56. The van der Waals surface area contributed by atoms with Gasteiger partial charge >= 0.3 is 0 Å². The van der Waals surface area contributed by atoms with Gasteiger partial charge in [-0.1, -0.05) is 12.1 Å². The third-order valence-corrected chi connectivity index (χ3v) is 5.53. The first kappa shape index (κ1) is 18.2. The Balaban J connectivity index is 1.57. The third kappa shape index (κ3) is 3.48. The zero-order chi connectivity index (χ0) is 19.5. The van der Waals surface area contributed by atoms with Crippen LogP contribution in [0.4, 0.5) is 17.1 Å². The van der Waals surface area contributed by atoms with Gasteiger partial charge in [-0.25, -0.2) is 0 Å². The number of nitrogens with zero attached hydrogens (tertiary/aromatic N) is 2. The first-order chi connectivity index (χ1) is 13.7. The second-order valence-electron chi connectivity index (χ2n) is 6.42. The highest BCUT2D eigenvalue weighted by Gasteiger charge is 2.24. The van der Waals surface area contributed by atoms with Gasteiger partial charge in [0.1, 0.15) is 0 Å². The monoisotopic (exact) mass is 392 g/mol. The summed E-state index contributed by atoms with van der Waals surface area (Å²) in [6.45, 7) is 3.28. The van der Waals surface area contributed by atoms with E-state index in [0.29, 0.717) is 29.9 Å². The Bertz CT molecular complexity index is 1020. The van der Waals surface area contributed by atoms with Crippen molar-refractivity contribution in [3.05, 3.63) is 70.2 Å². The molecule has 1 aromatic heterocycles. The van der Waals surface area contributed by atoms with E-state index in [2.05, 4.69) is 20.5 Å². The Morgan fingerprint density at radius 2 is 2.07 bits per heavy atom. The van der Waals surface area contributed by atoms with Crippen molar-refractivity contribution in [2.45, 2.75) is 13.3 Å². The lowest BCUT2D eigenvalue weighted by Crippen LogP contribution is -2.25. The fourth-order valence-electron chi connectivity index (χ4n) is 3.34. The van der Waals surface area contributed by atoms with Crippen LogP contribution in [0.25, 0.3) is 0 Å². The summed E-state index contributed by atoms with van der Waals surface area (Å²) in [4.78, 5) is 32.5. The number of thiazole rings is 1. The molecule has 2 aromatic carbocycles. The maximum absolute atomic E-state index is 12.7. The van der Waals surface area contributed by atoms with E-state index in [4.69, 9.17) is 0 Å². The predicted octanol–water partition coefficient (Wildman–Crippen LogP) is 3.84. The number of hydrogen-bond donors (Lipinski definition) is 2. The van der Waals surface area contributed by atoms with Crippen molar-refractivity contribution in [3.63, 3.8) is 0 Å².